The van der Waals surface area contributed by atoms with Crippen molar-refractivity contribution in [2.75, 3.05) is 0 Å². The van der Waals surface area contributed by atoms with Gasteiger partial charge in [0.25, 0.3) is 0 Å². The molecule has 2 aromatic carbocycles. The molecule has 2 N–H and O–H groups in total. The maximum atomic E-state index is 8.92. The first kappa shape index (κ1) is 14.7. The number of nitrogens with two attached hydrogens (primary N) is 1. The van der Waals surface area contributed by atoms with Crippen LogP contribution in [0.4, 0.5) is 5.69 Å². The number of halogens is 1. The molecule has 0 radical (unpaired) electrons. The van der Waals surface area contributed by atoms with E-state index in [-0.39, 0.29) is 0 Å². The van der Waals surface area contributed by atoms with Crippen LogP contribution in [0.5, 0.6) is 0 Å². The number of nitrogens with zero attached hydrogens (tertiary/aromatic N) is 3. The lowest BCUT2D eigenvalue weighted by atomic mass is 10.1. The number of aliphatic imine (C=N–C) groups is 1. The zero-order valence-corrected chi connectivity index (χ0v) is 14.3. The normalized spacial score (nSPS) is 12.6. The molecular formula is C19H13BrN4. The molecule has 4 nitrogen and oxygen atoms in total. The maximum Gasteiger partial charge on any atom is 0.148 e. The van der Waals surface area contributed by atoms with Crippen molar-refractivity contribution >= 4 is 27.5 Å². The fourth-order valence-electron chi connectivity index (χ4n) is 2.91. The summed E-state index contributed by atoms with van der Waals surface area (Å²) >= 11 is 3.51. The Labute approximate surface area is 148 Å². The van der Waals surface area contributed by atoms with Crippen LogP contribution in [0.15, 0.2) is 64.2 Å². The first-order valence-electron chi connectivity index (χ1n) is 7.48. The summed E-state index contributed by atoms with van der Waals surface area (Å²) in [7, 11) is 0. The molecule has 1 aromatic heterocycles. The van der Waals surface area contributed by atoms with Gasteiger partial charge in [-0.05, 0) is 47.5 Å². The smallest absolute Gasteiger partial charge is 0.148 e. The van der Waals surface area contributed by atoms with Gasteiger partial charge in [0, 0.05) is 22.8 Å². The second-order valence-electron chi connectivity index (χ2n) is 5.70. The number of nitriles is 1. The van der Waals surface area contributed by atoms with Gasteiger partial charge in [-0.1, -0.05) is 28.1 Å². The lowest BCUT2D eigenvalue weighted by Gasteiger charge is -2.06. The highest BCUT2D eigenvalue weighted by Crippen LogP contribution is 2.30. The summed E-state index contributed by atoms with van der Waals surface area (Å²) in [5.41, 5.74) is 11.9. The van der Waals surface area contributed by atoms with Gasteiger partial charge in [-0.2, -0.15) is 5.26 Å². The van der Waals surface area contributed by atoms with E-state index >= 15 is 0 Å². The Balaban J connectivity index is 1.79. The lowest BCUT2D eigenvalue weighted by molar-refractivity contribution is 0.803. The number of fused-ring (bicyclic) bond motifs is 2. The second-order valence-corrected chi connectivity index (χ2v) is 6.62. The Morgan fingerprint density at radius 2 is 1.88 bits per heavy atom. The van der Waals surface area contributed by atoms with Gasteiger partial charge in [0.2, 0.25) is 0 Å². The molecule has 4 rings (SSSR count). The van der Waals surface area contributed by atoms with Crippen molar-refractivity contribution in [3.05, 3.63) is 76.0 Å². The summed E-state index contributed by atoms with van der Waals surface area (Å²) in [5, 5.41) is 8.92. The van der Waals surface area contributed by atoms with E-state index in [0.717, 1.165) is 32.5 Å². The zero-order valence-electron chi connectivity index (χ0n) is 12.7. The van der Waals surface area contributed by atoms with Gasteiger partial charge in [0.15, 0.2) is 0 Å². The number of amidine groups is 1. The van der Waals surface area contributed by atoms with Crippen LogP contribution in [0.1, 0.15) is 16.8 Å². The van der Waals surface area contributed by atoms with E-state index in [1.807, 2.05) is 42.5 Å². The average molecular weight is 377 g/mol. The van der Waals surface area contributed by atoms with Crippen molar-refractivity contribution in [3.63, 3.8) is 0 Å². The number of aromatic nitrogens is 1. The molecule has 0 saturated carbocycles. The number of hydrogen-bond donors (Lipinski definition) is 1. The third-order valence-electron chi connectivity index (χ3n) is 4.13. The predicted molar refractivity (Wildman–Crippen MR) is 98.2 cm³/mol. The largest absolute Gasteiger partial charge is 0.382 e. The average Bonchev–Trinajstić information content (AvgIpc) is 2.96. The highest BCUT2D eigenvalue weighted by atomic mass is 79.9. The van der Waals surface area contributed by atoms with Gasteiger partial charge in [0.1, 0.15) is 5.84 Å². The van der Waals surface area contributed by atoms with E-state index in [1.54, 1.807) is 0 Å². The van der Waals surface area contributed by atoms with Crippen LogP contribution in [-0.2, 0) is 6.54 Å². The Morgan fingerprint density at radius 1 is 1.08 bits per heavy atom. The SMILES string of the molecule is N#Cc1ccc(-c2cc3n(c2)Cc2cc(Br)ccc2N=C3N)cc1. The minimum absolute atomic E-state index is 0.510. The van der Waals surface area contributed by atoms with Crippen LogP contribution in [0.3, 0.4) is 0 Å². The van der Waals surface area contributed by atoms with Crippen molar-refractivity contribution in [2.45, 2.75) is 6.54 Å². The van der Waals surface area contributed by atoms with E-state index in [1.165, 1.54) is 0 Å². The standard InChI is InChI=1S/C19H13BrN4/c20-16-5-6-17-15(7-16)11-24-10-14(8-18(24)19(22)23-17)13-3-1-12(9-21)2-4-13/h1-8,10H,11H2,(H2,22,23). The van der Waals surface area contributed by atoms with Gasteiger partial charge in [-0.3, -0.25) is 0 Å². The minimum atomic E-state index is 0.510. The Morgan fingerprint density at radius 3 is 2.62 bits per heavy atom. The van der Waals surface area contributed by atoms with Gasteiger partial charge in [-0.15, -0.1) is 0 Å². The highest BCUT2D eigenvalue weighted by molar-refractivity contribution is 9.10. The topological polar surface area (TPSA) is 67.1 Å². The number of benzene rings is 2. The monoisotopic (exact) mass is 376 g/mol. The fourth-order valence-corrected chi connectivity index (χ4v) is 3.32. The van der Waals surface area contributed by atoms with Crippen molar-refractivity contribution < 1.29 is 0 Å². The van der Waals surface area contributed by atoms with Crippen LogP contribution < -0.4 is 5.73 Å². The minimum Gasteiger partial charge on any atom is -0.382 e. The summed E-state index contributed by atoms with van der Waals surface area (Å²) in [6, 6.07) is 17.7. The van der Waals surface area contributed by atoms with Crippen LogP contribution in [0.2, 0.25) is 0 Å². The fraction of sp³-hybridized carbons (Fsp3) is 0.0526. The third-order valence-corrected chi connectivity index (χ3v) is 4.62. The predicted octanol–water partition coefficient (Wildman–Crippen LogP) is 4.19. The Kier molecular flexibility index (Phi) is 3.47. The van der Waals surface area contributed by atoms with Gasteiger partial charge < -0.3 is 10.3 Å². The molecular weight excluding hydrogens is 364 g/mol. The van der Waals surface area contributed by atoms with Gasteiger partial charge in [-0.25, -0.2) is 4.99 Å². The molecule has 1 aliphatic heterocycles. The maximum absolute atomic E-state index is 8.92. The summed E-state index contributed by atoms with van der Waals surface area (Å²) < 4.78 is 3.14. The third kappa shape index (κ3) is 2.51. The molecule has 0 spiro atoms. The number of hydrogen-bond acceptors (Lipinski definition) is 3. The molecule has 0 unspecified atom stereocenters. The van der Waals surface area contributed by atoms with Gasteiger partial charge >= 0.3 is 0 Å². The molecule has 1 aliphatic rings. The van der Waals surface area contributed by atoms with E-state index < -0.39 is 0 Å². The summed E-state index contributed by atoms with van der Waals surface area (Å²) in [4.78, 5) is 4.57. The molecule has 5 heteroatoms. The summed E-state index contributed by atoms with van der Waals surface area (Å²) in [6.07, 6.45) is 2.08. The molecule has 0 saturated heterocycles. The number of rotatable bonds is 1. The van der Waals surface area contributed by atoms with Crippen LogP contribution in [0.25, 0.3) is 11.1 Å². The van der Waals surface area contributed by atoms with E-state index in [0.29, 0.717) is 17.9 Å². The Hall–Kier alpha value is -2.84. The van der Waals surface area contributed by atoms with E-state index in [9.17, 15) is 0 Å². The van der Waals surface area contributed by atoms with Crippen LogP contribution in [0, 0.1) is 11.3 Å². The molecule has 0 bridgehead atoms. The lowest BCUT2D eigenvalue weighted by Crippen LogP contribution is -2.16. The van der Waals surface area contributed by atoms with Crippen LogP contribution >= 0.6 is 15.9 Å². The zero-order chi connectivity index (χ0) is 16.7. The molecule has 0 atom stereocenters. The molecule has 24 heavy (non-hydrogen) atoms. The van der Waals surface area contributed by atoms with Gasteiger partial charge in [0.05, 0.1) is 23.0 Å². The quantitative estimate of drug-likeness (QED) is 0.691. The first-order chi connectivity index (χ1) is 11.6. The van der Waals surface area contributed by atoms with Crippen molar-refractivity contribution in [3.8, 4) is 17.2 Å². The summed E-state index contributed by atoms with van der Waals surface area (Å²) in [5.74, 6) is 0.510. The van der Waals surface area contributed by atoms with Crippen LogP contribution in [-0.4, -0.2) is 10.4 Å². The molecule has 0 aliphatic carbocycles. The van der Waals surface area contributed by atoms with E-state index in [2.05, 4.69) is 43.8 Å². The van der Waals surface area contributed by atoms with Crippen molar-refractivity contribution in [1.82, 2.24) is 4.57 Å². The van der Waals surface area contributed by atoms with E-state index in [4.69, 9.17) is 11.0 Å². The second kappa shape index (κ2) is 5.66. The van der Waals surface area contributed by atoms with Crippen molar-refractivity contribution in [1.29, 1.82) is 5.26 Å². The molecule has 0 amide bonds. The molecule has 116 valence electrons. The molecule has 2 heterocycles. The molecule has 3 aromatic rings. The van der Waals surface area contributed by atoms with Crippen molar-refractivity contribution in [2.24, 2.45) is 10.7 Å². The Bertz CT molecular complexity index is 1010. The first-order valence-corrected chi connectivity index (χ1v) is 8.27. The highest BCUT2D eigenvalue weighted by Gasteiger charge is 2.16. The molecule has 0 fully saturated rings. The summed E-state index contributed by atoms with van der Waals surface area (Å²) in [6.45, 7) is 0.713.